The second-order valence-corrected chi connectivity index (χ2v) is 8.52. The van der Waals surface area contributed by atoms with Gasteiger partial charge in [-0.25, -0.2) is 9.98 Å². The Morgan fingerprint density at radius 1 is 1.27 bits per heavy atom. The van der Waals surface area contributed by atoms with E-state index in [0.29, 0.717) is 30.1 Å². The highest BCUT2D eigenvalue weighted by Crippen LogP contribution is 2.24. The van der Waals surface area contributed by atoms with Crippen LogP contribution in [0.3, 0.4) is 0 Å². The lowest BCUT2D eigenvalue weighted by molar-refractivity contribution is 0.0885. The Hall–Kier alpha value is -2.78. The van der Waals surface area contributed by atoms with E-state index < -0.39 is 0 Å². The Morgan fingerprint density at radius 3 is 2.83 bits per heavy atom. The molecule has 2 aromatic heterocycles. The van der Waals surface area contributed by atoms with Crippen LogP contribution >= 0.6 is 0 Å². The predicted molar refractivity (Wildman–Crippen MR) is 117 cm³/mol. The van der Waals surface area contributed by atoms with E-state index in [1.165, 1.54) is 0 Å². The van der Waals surface area contributed by atoms with E-state index >= 15 is 0 Å². The number of fused-ring (bicyclic) bond motifs is 3. The topological polar surface area (TPSA) is 99.5 Å². The minimum absolute atomic E-state index is 0.0500. The summed E-state index contributed by atoms with van der Waals surface area (Å²) >= 11 is 0. The number of aliphatic imine (C=N–C) groups is 1. The van der Waals surface area contributed by atoms with Crippen LogP contribution in [0.1, 0.15) is 30.8 Å². The van der Waals surface area contributed by atoms with E-state index in [4.69, 9.17) is 4.98 Å². The number of anilines is 1. The molecule has 1 amide bonds. The van der Waals surface area contributed by atoms with Gasteiger partial charge in [0.2, 0.25) is 5.95 Å². The average molecular weight is 409 g/mol. The van der Waals surface area contributed by atoms with E-state index in [2.05, 4.69) is 50.8 Å². The lowest BCUT2D eigenvalue weighted by Gasteiger charge is -2.33. The number of carbonyl (C=O) groups excluding carboxylic acids is 1. The zero-order valence-corrected chi connectivity index (χ0v) is 17.4. The van der Waals surface area contributed by atoms with Crippen LogP contribution in [0.2, 0.25) is 0 Å². The van der Waals surface area contributed by atoms with Crippen LogP contribution in [0.5, 0.6) is 0 Å². The van der Waals surface area contributed by atoms with Crippen molar-refractivity contribution in [2.45, 2.75) is 38.9 Å². The monoisotopic (exact) mass is 408 g/mol. The number of piperazine rings is 1. The molecule has 9 nitrogen and oxygen atoms in total. The van der Waals surface area contributed by atoms with Crippen molar-refractivity contribution in [3.8, 4) is 0 Å². The fourth-order valence-corrected chi connectivity index (χ4v) is 4.30. The third kappa shape index (κ3) is 3.59. The summed E-state index contributed by atoms with van der Waals surface area (Å²) in [5.74, 6) is 1.57. The SMILES string of the molecule is CC(C)[C@H]1Cn2c(cc3cnc(NC4=CCC(N5CCNCC5)C=N4)nc32)C(=O)N1. The fraction of sp³-hybridized carbons (Fsp3) is 0.524. The van der Waals surface area contributed by atoms with Gasteiger partial charge in [-0.3, -0.25) is 9.69 Å². The van der Waals surface area contributed by atoms with Gasteiger partial charge < -0.3 is 20.5 Å². The van der Waals surface area contributed by atoms with Crippen LogP contribution in [0, 0.1) is 5.92 Å². The van der Waals surface area contributed by atoms with Crippen molar-refractivity contribution >= 4 is 29.1 Å². The molecular formula is C21H28N8O. The molecule has 158 valence electrons. The summed E-state index contributed by atoms with van der Waals surface area (Å²) < 4.78 is 2.00. The molecule has 0 aliphatic carbocycles. The molecule has 1 saturated heterocycles. The average Bonchev–Trinajstić information content (AvgIpc) is 3.14. The minimum atomic E-state index is -0.0500. The Balaban J connectivity index is 1.34. The molecule has 5 rings (SSSR count). The van der Waals surface area contributed by atoms with Gasteiger partial charge in [-0.05, 0) is 24.5 Å². The molecule has 1 unspecified atom stereocenters. The molecule has 0 radical (unpaired) electrons. The van der Waals surface area contributed by atoms with Crippen LogP contribution < -0.4 is 16.0 Å². The number of hydrogen-bond acceptors (Lipinski definition) is 7. The second kappa shape index (κ2) is 7.81. The number of aromatic nitrogens is 3. The molecule has 2 atom stereocenters. The lowest BCUT2D eigenvalue weighted by atomic mass is 10.0. The summed E-state index contributed by atoms with van der Waals surface area (Å²) in [6.07, 6.45) is 6.81. The third-order valence-corrected chi connectivity index (χ3v) is 6.17. The molecule has 3 aliphatic rings. The molecule has 1 fully saturated rings. The van der Waals surface area contributed by atoms with Crippen molar-refractivity contribution in [2.75, 3.05) is 31.5 Å². The van der Waals surface area contributed by atoms with Gasteiger partial charge in [0.25, 0.3) is 5.91 Å². The van der Waals surface area contributed by atoms with Crippen LogP contribution in [0.15, 0.2) is 29.2 Å². The highest BCUT2D eigenvalue weighted by Gasteiger charge is 2.28. The second-order valence-electron chi connectivity index (χ2n) is 8.52. The van der Waals surface area contributed by atoms with E-state index in [1.54, 1.807) is 6.20 Å². The zero-order valence-electron chi connectivity index (χ0n) is 17.4. The van der Waals surface area contributed by atoms with Gasteiger partial charge in [0.05, 0.1) is 0 Å². The summed E-state index contributed by atoms with van der Waals surface area (Å²) in [6, 6.07) is 2.31. The van der Waals surface area contributed by atoms with Crippen molar-refractivity contribution in [2.24, 2.45) is 10.9 Å². The molecule has 3 aliphatic heterocycles. The van der Waals surface area contributed by atoms with Gasteiger partial charge in [-0.2, -0.15) is 4.98 Å². The fourth-order valence-electron chi connectivity index (χ4n) is 4.30. The summed E-state index contributed by atoms with van der Waals surface area (Å²) in [7, 11) is 0. The van der Waals surface area contributed by atoms with E-state index in [-0.39, 0.29) is 11.9 Å². The summed E-state index contributed by atoms with van der Waals surface area (Å²) in [5.41, 5.74) is 1.42. The number of amides is 1. The quantitative estimate of drug-likeness (QED) is 0.703. The van der Waals surface area contributed by atoms with Crippen LogP contribution in [-0.2, 0) is 6.54 Å². The molecule has 5 heterocycles. The van der Waals surface area contributed by atoms with Gasteiger partial charge >= 0.3 is 0 Å². The molecule has 3 N–H and O–H groups in total. The van der Waals surface area contributed by atoms with Gasteiger partial charge in [-0.1, -0.05) is 13.8 Å². The number of nitrogens with zero attached hydrogens (tertiary/aromatic N) is 5. The molecule has 0 spiro atoms. The molecule has 30 heavy (non-hydrogen) atoms. The van der Waals surface area contributed by atoms with Crippen LogP contribution in [-0.4, -0.2) is 69.8 Å². The Morgan fingerprint density at radius 2 is 2.10 bits per heavy atom. The van der Waals surface area contributed by atoms with Crippen molar-refractivity contribution in [1.29, 1.82) is 0 Å². The normalized spacial score (nSPS) is 24.6. The molecule has 0 bridgehead atoms. The Bertz CT molecular complexity index is 1020. The molecule has 2 aromatic rings. The molecular weight excluding hydrogens is 380 g/mol. The summed E-state index contributed by atoms with van der Waals surface area (Å²) in [5, 5.41) is 10.6. The number of hydrogen-bond donors (Lipinski definition) is 3. The van der Waals surface area contributed by atoms with E-state index in [1.807, 2.05) is 16.8 Å². The first kappa shape index (κ1) is 19.2. The van der Waals surface area contributed by atoms with Crippen molar-refractivity contribution in [3.05, 3.63) is 29.9 Å². The first-order valence-electron chi connectivity index (χ1n) is 10.7. The van der Waals surface area contributed by atoms with E-state index in [9.17, 15) is 4.79 Å². The van der Waals surface area contributed by atoms with Crippen molar-refractivity contribution in [3.63, 3.8) is 0 Å². The van der Waals surface area contributed by atoms with Gasteiger partial charge in [-0.15, -0.1) is 0 Å². The standard InChI is InChI=1S/C21H28N8O/c1-13(2)16-12-29-17(20(30)25-16)9-14-10-24-21(27-19(14)29)26-18-4-3-15(11-23-18)28-7-5-22-6-8-28/h4,9-11,13,15-16,22H,3,5-8,12H2,1-2H3,(H,25,30)(H,24,26,27)/t15?,16-/m1/s1. The van der Waals surface area contributed by atoms with Crippen molar-refractivity contribution < 1.29 is 4.79 Å². The predicted octanol–water partition coefficient (Wildman–Crippen LogP) is 1.20. The van der Waals surface area contributed by atoms with Gasteiger partial charge in [0.15, 0.2) is 0 Å². The molecule has 0 saturated carbocycles. The number of carbonyl (C=O) groups is 1. The highest BCUT2D eigenvalue weighted by atomic mass is 16.2. The minimum Gasteiger partial charge on any atom is -0.346 e. The van der Waals surface area contributed by atoms with Crippen LogP contribution in [0.4, 0.5) is 5.95 Å². The zero-order chi connectivity index (χ0) is 20.7. The maximum Gasteiger partial charge on any atom is 0.268 e. The van der Waals surface area contributed by atoms with E-state index in [0.717, 1.165) is 49.5 Å². The first-order valence-corrected chi connectivity index (χ1v) is 10.7. The molecule has 9 heteroatoms. The van der Waals surface area contributed by atoms with Gasteiger partial charge in [0.1, 0.15) is 17.2 Å². The summed E-state index contributed by atoms with van der Waals surface area (Å²) in [4.78, 5) is 28.7. The Kier molecular flexibility index (Phi) is 5.00. The van der Waals surface area contributed by atoms with Crippen molar-refractivity contribution in [1.82, 2.24) is 30.1 Å². The Labute approximate surface area is 175 Å². The maximum atomic E-state index is 12.5. The smallest absolute Gasteiger partial charge is 0.268 e. The largest absolute Gasteiger partial charge is 0.346 e. The number of rotatable bonds is 4. The summed E-state index contributed by atoms with van der Waals surface area (Å²) in [6.45, 7) is 9.12. The number of nitrogens with one attached hydrogen (secondary N) is 3. The molecule has 0 aromatic carbocycles. The first-order chi connectivity index (χ1) is 14.6. The maximum absolute atomic E-state index is 12.5. The van der Waals surface area contributed by atoms with Crippen LogP contribution in [0.25, 0.3) is 11.0 Å². The highest BCUT2D eigenvalue weighted by molar-refractivity contribution is 5.98. The third-order valence-electron chi connectivity index (χ3n) is 6.17. The van der Waals surface area contributed by atoms with Gasteiger partial charge in [0, 0.05) is 62.6 Å². The lowest BCUT2D eigenvalue weighted by Crippen LogP contribution is -2.49.